The van der Waals surface area contributed by atoms with Gasteiger partial charge in [-0.1, -0.05) is 6.07 Å². The first-order chi connectivity index (χ1) is 9.26. The molecule has 1 aromatic rings. The number of amides is 1. The summed E-state index contributed by atoms with van der Waals surface area (Å²) in [7, 11) is 0. The van der Waals surface area contributed by atoms with Crippen LogP contribution in [0.1, 0.15) is 51.3 Å². The van der Waals surface area contributed by atoms with Crippen molar-refractivity contribution >= 4 is 5.91 Å². The van der Waals surface area contributed by atoms with Crippen LogP contribution in [0.4, 0.5) is 0 Å². The van der Waals surface area contributed by atoms with Crippen molar-refractivity contribution in [1.82, 2.24) is 5.32 Å². The predicted molar refractivity (Wildman–Crippen MR) is 79.7 cm³/mol. The molecule has 0 saturated heterocycles. The fourth-order valence-electron chi connectivity index (χ4n) is 2.43. The monoisotopic (exact) mass is 276 g/mol. The summed E-state index contributed by atoms with van der Waals surface area (Å²) in [5.41, 5.74) is 8.19. The van der Waals surface area contributed by atoms with Crippen molar-refractivity contribution in [2.45, 2.75) is 58.2 Å². The van der Waals surface area contributed by atoms with Crippen LogP contribution in [0.5, 0.6) is 5.75 Å². The Balaban J connectivity index is 2.02. The van der Waals surface area contributed by atoms with Gasteiger partial charge in [-0.05, 0) is 63.8 Å². The van der Waals surface area contributed by atoms with Crippen LogP contribution in [0.3, 0.4) is 0 Å². The van der Waals surface area contributed by atoms with E-state index in [1.807, 2.05) is 39.0 Å². The van der Waals surface area contributed by atoms with Crippen LogP contribution in [0.25, 0.3) is 0 Å². The Morgan fingerprint density at radius 2 is 2.15 bits per heavy atom. The molecule has 2 atom stereocenters. The lowest BCUT2D eigenvalue weighted by molar-refractivity contribution is -0.128. The molecule has 2 rings (SSSR count). The number of hydrogen-bond donors (Lipinski definition) is 2. The number of fused-ring (bicyclic) bond motifs is 1. The summed E-state index contributed by atoms with van der Waals surface area (Å²) in [6.07, 6.45) is 1.46. The molecular weight excluding hydrogens is 252 g/mol. The van der Waals surface area contributed by atoms with Gasteiger partial charge in [0.05, 0.1) is 0 Å². The highest BCUT2D eigenvalue weighted by atomic mass is 16.5. The van der Waals surface area contributed by atoms with E-state index in [0.717, 1.165) is 18.6 Å². The van der Waals surface area contributed by atoms with E-state index in [1.54, 1.807) is 6.92 Å². The highest BCUT2D eigenvalue weighted by molar-refractivity contribution is 5.81. The number of nitrogens with one attached hydrogen (secondary N) is 1. The molecular formula is C16H24N2O2. The maximum Gasteiger partial charge on any atom is 0.261 e. The Morgan fingerprint density at radius 3 is 2.80 bits per heavy atom. The molecule has 0 saturated carbocycles. The van der Waals surface area contributed by atoms with E-state index in [-0.39, 0.29) is 17.5 Å². The van der Waals surface area contributed by atoms with Gasteiger partial charge in [-0.15, -0.1) is 0 Å². The van der Waals surface area contributed by atoms with E-state index in [4.69, 9.17) is 10.5 Å². The molecule has 4 nitrogen and oxygen atoms in total. The lowest BCUT2D eigenvalue weighted by atomic mass is 10.1. The second-order valence-corrected chi connectivity index (χ2v) is 6.51. The first kappa shape index (κ1) is 14.9. The van der Waals surface area contributed by atoms with Crippen LogP contribution in [0.2, 0.25) is 0 Å². The van der Waals surface area contributed by atoms with Crippen molar-refractivity contribution in [1.29, 1.82) is 0 Å². The zero-order valence-electron chi connectivity index (χ0n) is 12.7. The molecule has 3 N–H and O–H groups in total. The Bertz CT molecular complexity index is 506. The number of hydrogen-bond acceptors (Lipinski definition) is 3. The van der Waals surface area contributed by atoms with E-state index in [1.165, 1.54) is 11.1 Å². The molecule has 1 aliphatic carbocycles. The number of carbonyl (C=O) groups excluding carboxylic acids is 1. The summed E-state index contributed by atoms with van der Waals surface area (Å²) >= 11 is 0. The third-order valence-corrected chi connectivity index (χ3v) is 3.42. The summed E-state index contributed by atoms with van der Waals surface area (Å²) in [5.74, 6) is 0.629. The SMILES string of the molecule is CC(Oc1ccc2c(c1)CCC2N)C(=O)NC(C)(C)C. The molecule has 2 unspecified atom stereocenters. The normalized spacial score (nSPS) is 19.4. The summed E-state index contributed by atoms with van der Waals surface area (Å²) in [4.78, 5) is 12.0. The summed E-state index contributed by atoms with van der Waals surface area (Å²) in [6, 6.07) is 6.05. The molecule has 0 fully saturated rings. The van der Waals surface area contributed by atoms with E-state index in [0.29, 0.717) is 0 Å². The van der Waals surface area contributed by atoms with E-state index in [2.05, 4.69) is 5.32 Å². The van der Waals surface area contributed by atoms with Gasteiger partial charge in [0.1, 0.15) is 5.75 Å². The minimum atomic E-state index is -0.512. The van der Waals surface area contributed by atoms with Crippen molar-refractivity contribution in [3.8, 4) is 5.75 Å². The number of rotatable bonds is 3. The minimum absolute atomic E-state index is 0.102. The molecule has 20 heavy (non-hydrogen) atoms. The van der Waals surface area contributed by atoms with Gasteiger partial charge in [-0.3, -0.25) is 4.79 Å². The second kappa shape index (κ2) is 5.44. The van der Waals surface area contributed by atoms with Gasteiger partial charge in [0, 0.05) is 11.6 Å². The zero-order chi connectivity index (χ0) is 14.9. The largest absolute Gasteiger partial charge is 0.481 e. The topological polar surface area (TPSA) is 64.3 Å². The third-order valence-electron chi connectivity index (χ3n) is 3.42. The van der Waals surface area contributed by atoms with Crippen molar-refractivity contribution in [3.05, 3.63) is 29.3 Å². The van der Waals surface area contributed by atoms with Crippen LogP contribution < -0.4 is 15.8 Å². The molecule has 0 aliphatic heterocycles. The summed E-state index contributed by atoms with van der Waals surface area (Å²) < 4.78 is 5.73. The van der Waals surface area contributed by atoms with Gasteiger partial charge in [0.25, 0.3) is 5.91 Å². The van der Waals surface area contributed by atoms with Gasteiger partial charge in [-0.2, -0.15) is 0 Å². The van der Waals surface area contributed by atoms with E-state index >= 15 is 0 Å². The van der Waals surface area contributed by atoms with Crippen LogP contribution in [0, 0.1) is 0 Å². The van der Waals surface area contributed by atoms with Crippen molar-refractivity contribution in [2.75, 3.05) is 0 Å². The number of nitrogens with two attached hydrogens (primary N) is 1. The number of benzene rings is 1. The lowest BCUT2D eigenvalue weighted by Crippen LogP contribution is -2.46. The number of aryl methyl sites for hydroxylation is 1. The Labute approximate surface area is 120 Å². The molecule has 1 aliphatic rings. The van der Waals surface area contributed by atoms with Crippen LogP contribution in [-0.2, 0) is 11.2 Å². The van der Waals surface area contributed by atoms with Crippen molar-refractivity contribution in [3.63, 3.8) is 0 Å². The zero-order valence-corrected chi connectivity index (χ0v) is 12.7. The van der Waals surface area contributed by atoms with Crippen LogP contribution in [-0.4, -0.2) is 17.6 Å². The smallest absolute Gasteiger partial charge is 0.261 e. The first-order valence-corrected chi connectivity index (χ1v) is 7.13. The van der Waals surface area contributed by atoms with Gasteiger partial charge < -0.3 is 15.8 Å². The molecule has 0 bridgehead atoms. The molecule has 0 aromatic heterocycles. The van der Waals surface area contributed by atoms with Crippen molar-refractivity contribution in [2.24, 2.45) is 5.73 Å². The average molecular weight is 276 g/mol. The molecule has 1 aromatic carbocycles. The Morgan fingerprint density at radius 1 is 1.45 bits per heavy atom. The highest BCUT2D eigenvalue weighted by Crippen LogP contribution is 2.32. The quantitative estimate of drug-likeness (QED) is 0.890. The lowest BCUT2D eigenvalue weighted by Gasteiger charge is -2.23. The van der Waals surface area contributed by atoms with Crippen LogP contribution in [0.15, 0.2) is 18.2 Å². The molecule has 1 amide bonds. The molecule has 4 heteroatoms. The second-order valence-electron chi connectivity index (χ2n) is 6.51. The van der Waals surface area contributed by atoms with Gasteiger partial charge in [-0.25, -0.2) is 0 Å². The minimum Gasteiger partial charge on any atom is -0.481 e. The fourth-order valence-corrected chi connectivity index (χ4v) is 2.43. The third kappa shape index (κ3) is 3.51. The summed E-state index contributed by atoms with van der Waals surface area (Å²) in [5, 5.41) is 2.91. The highest BCUT2D eigenvalue weighted by Gasteiger charge is 2.22. The molecule has 0 heterocycles. The van der Waals surface area contributed by atoms with Gasteiger partial charge in [0.2, 0.25) is 0 Å². The molecule has 0 radical (unpaired) electrons. The van der Waals surface area contributed by atoms with E-state index in [9.17, 15) is 4.79 Å². The standard InChI is InChI=1S/C16H24N2O2/c1-10(15(19)18-16(2,3)4)20-12-6-7-13-11(9-12)5-8-14(13)17/h6-7,9-10,14H,5,8,17H2,1-4H3,(H,18,19). The fraction of sp³-hybridized carbons (Fsp3) is 0.562. The molecule has 110 valence electrons. The van der Waals surface area contributed by atoms with Gasteiger partial charge >= 0.3 is 0 Å². The van der Waals surface area contributed by atoms with Crippen LogP contribution >= 0.6 is 0 Å². The first-order valence-electron chi connectivity index (χ1n) is 7.13. The maximum atomic E-state index is 12.0. The van der Waals surface area contributed by atoms with Crippen molar-refractivity contribution < 1.29 is 9.53 Å². The number of ether oxygens (including phenoxy) is 1. The number of carbonyl (C=O) groups is 1. The maximum absolute atomic E-state index is 12.0. The van der Waals surface area contributed by atoms with E-state index < -0.39 is 6.10 Å². The predicted octanol–water partition coefficient (Wildman–Crippen LogP) is 2.31. The summed E-state index contributed by atoms with van der Waals surface area (Å²) in [6.45, 7) is 7.62. The average Bonchev–Trinajstić information content (AvgIpc) is 2.68. The Kier molecular flexibility index (Phi) is 4.04. The Hall–Kier alpha value is -1.55. The molecule has 0 spiro atoms. The van der Waals surface area contributed by atoms with Gasteiger partial charge in [0.15, 0.2) is 6.10 Å².